The Hall–Kier alpha value is -2.02. The second-order valence-electron chi connectivity index (χ2n) is 4.82. The molecule has 0 spiro atoms. The van der Waals surface area contributed by atoms with E-state index in [0.29, 0.717) is 5.16 Å². The first-order chi connectivity index (χ1) is 9.56. The van der Waals surface area contributed by atoms with Gasteiger partial charge in [0, 0.05) is 0 Å². The minimum atomic E-state index is -0.409. The summed E-state index contributed by atoms with van der Waals surface area (Å²) in [5.41, 5.74) is 11.0. The molecule has 1 aliphatic rings. The van der Waals surface area contributed by atoms with Crippen LogP contribution in [0.4, 0.5) is 0 Å². The van der Waals surface area contributed by atoms with E-state index in [1.807, 2.05) is 38.1 Å². The molecule has 1 aromatic carbocycles. The van der Waals surface area contributed by atoms with Crippen LogP contribution in [0.3, 0.4) is 0 Å². The van der Waals surface area contributed by atoms with Gasteiger partial charge >= 0.3 is 0 Å². The number of carbonyl (C=O) groups is 1. The summed E-state index contributed by atoms with van der Waals surface area (Å²) < 4.78 is 1.80. The highest BCUT2D eigenvalue weighted by molar-refractivity contribution is 8.00. The molecule has 1 aromatic heterocycles. The van der Waals surface area contributed by atoms with Gasteiger partial charge in [-0.05, 0) is 19.4 Å². The summed E-state index contributed by atoms with van der Waals surface area (Å²) in [5.74, 6) is 0.396. The van der Waals surface area contributed by atoms with Crippen molar-refractivity contribution >= 4 is 17.7 Å². The zero-order chi connectivity index (χ0) is 14.3. The number of hydrogen-bond acceptors (Lipinski definition) is 5. The predicted molar refractivity (Wildman–Crippen MR) is 76.9 cm³/mol. The van der Waals surface area contributed by atoms with Crippen molar-refractivity contribution in [2.75, 3.05) is 5.43 Å². The summed E-state index contributed by atoms with van der Waals surface area (Å²) in [6.07, 6.45) is 0. The Morgan fingerprint density at radius 2 is 2.00 bits per heavy atom. The minimum absolute atomic E-state index is 0.194. The van der Waals surface area contributed by atoms with Crippen LogP contribution in [0.1, 0.15) is 23.0 Å². The average molecular weight is 289 g/mol. The third kappa shape index (κ3) is 2.14. The Morgan fingerprint density at radius 3 is 2.65 bits per heavy atom. The van der Waals surface area contributed by atoms with Gasteiger partial charge in [-0.2, -0.15) is 0 Å². The van der Waals surface area contributed by atoms with Gasteiger partial charge in [-0.25, -0.2) is 4.68 Å². The lowest BCUT2D eigenvalue weighted by atomic mass is 10.0. The van der Waals surface area contributed by atoms with Crippen LogP contribution in [0.5, 0.6) is 0 Å². The maximum Gasteiger partial charge on any atom is 0.233 e. The second kappa shape index (κ2) is 4.82. The summed E-state index contributed by atoms with van der Waals surface area (Å²) in [6.45, 7) is 3.89. The fraction of sp³-hybridized carbons (Fsp3) is 0.308. The number of primary amides is 1. The second-order valence-corrected chi connectivity index (χ2v) is 5.93. The third-order valence-corrected chi connectivity index (χ3v) is 4.55. The summed E-state index contributed by atoms with van der Waals surface area (Å²) >= 11 is 1.35. The first-order valence-corrected chi connectivity index (χ1v) is 7.15. The van der Waals surface area contributed by atoms with Gasteiger partial charge < -0.3 is 11.2 Å². The number of carbonyl (C=O) groups excluding carboxylic acids is 1. The van der Waals surface area contributed by atoms with Crippen LogP contribution in [0.2, 0.25) is 0 Å². The van der Waals surface area contributed by atoms with E-state index >= 15 is 0 Å². The van der Waals surface area contributed by atoms with Gasteiger partial charge in [0.05, 0.1) is 6.04 Å². The number of aromatic nitrogens is 3. The molecule has 0 fully saturated rings. The van der Waals surface area contributed by atoms with Crippen LogP contribution in [-0.2, 0) is 4.79 Å². The summed E-state index contributed by atoms with van der Waals surface area (Å²) in [5, 5.41) is 8.30. The standard InChI is InChI=1S/C13H15N5OS/c1-7-3-5-9(6-4-7)10-11(12(14)19)20-13-16-15-8(2)18(13)17-10/h3-6,10-11,17H,1-2H3,(H2,14,19). The summed E-state index contributed by atoms with van der Waals surface area (Å²) in [6, 6.07) is 7.87. The molecule has 2 heterocycles. The molecule has 7 heteroatoms. The van der Waals surface area contributed by atoms with Gasteiger partial charge in [-0.15, -0.1) is 10.2 Å². The maximum atomic E-state index is 11.7. The molecule has 0 saturated heterocycles. The first kappa shape index (κ1) is 13.0. The molecule has 20 heavy (non-hydrogen) atoms. The van der Waals surface area contributed by atoms with Crippen LogP contribution in [-0.4, -0.2) is 26.0 Å². The zero-order valence-electron chi connectivity index (χ0n) is 11.2. The molecule has 1 aliphatic heterocycles. The Bertz CT molecular complexity index is 651. The maximum absolute atomic E-state index is 11.7. The first-order valence-electron chi connectivity index (χ1n) is 6.27. The minimum Gasteiger partial charge on any atom is -0.369 e. The molecule has 0 aliphatic carbocycles. The Balaban J connectivity index is 2.01. The quantitative estimate of drug-likeness (QED) is 0.866. The lowest BCUT2D eigenvalue weighted by Gasteiger charge is -2.31. The van der Waals surface area contributed by atoms with Gasteiger partial charge in [0.2, 0.25) is 11.1 Å². The van der Waals surface area contributed by atoms with E-state index in [4.69, 9.17) is 5.73 Å². The predicted octanol–water partition coefficient (Wildman–Crippen LogP) is 1.14. The summed E-state index contributed by atoms with van der Waals surface area (Å²) in [4.78, 5) is 11.7. The topological polar surface area (TPSA) is 85.8 Å². The molecule has 2 unspecified atom stereocenters. The molecule has 0 radical (unpaired) electrons. The summed E-state index contributed by atoms with van der Waals surface area (Å²) in [7, 11) is 0. The van der Waals surface area contributed by atoms with E-state index in [2.05, 4.69) is 15.6 Å². The van der Waals surface area contributed by atoms with E-state index in [0.717, 1.165) is 11.4 Å². The number of fused-ring (bicyclic) bond motifs is 1. The Kier molecular flexibility index (Phi) is 3.13. The van der Waals surface area contributed by atoms with Crippen LogP contribution < -0.4 is 11.2 Å². The molecule has 1 amide bonds. The average Bonchev–Trinajstić information content (AvgIpc) is 2.79. The van der Waals surface area contributed by atoms with Crippen molar-refractivity contribution in [1.29, 1.82) is 0 Å². The normalized spacial score (nSPS) is 21.1. The fourth-order valence-electron chi connectivity index (χ4n) is 2.20. The van der Waals surface area contributed by atoms with Gasteiger partial charge in [-0.3, -0.25) is 4.79 Å². The highest BCUT2D eigenvalue weighted by atomic mass is 32.2. The van der Waals surface area contributed by atoms with E-state index in [1.165, 1.54) is 17.3 Å². The van der Waals surface area contributed by atoms with E-state index in [1.54, 1.807) is 4.68 Å². The molecule has 3 rings (SSSR count). The molecular weight excluding hydrogens is 274 g/mol. The van der Waals surface area contributed by atoms with Crippen molar-refractivity contribution in [2.24, 2.45) is 5.73 Å². The largest absolute Gasteiger partial charge is 0.369 e. The highest BCUT2D eigenvalue weighted by Crippen LogP contribution is 2.36. The van der Waals surface area contributed by atoms with Crippen LogP contribution in [0.25, 0.3) is 0 Å². The lowest BCUT2D eigenvalue weighted by Crippen LogP contribution is -2.41. The van der Waals surface area contributed by atoms with E-state index < -0.39 is 5.25 Å². The molecule has 0 saturated carbocycles. The number of hydrogen-bond donors (Lipinski definition) is 2. The number of amides is 1. The van der Waals surface area contributed by atoms with Crippen molar-refractivity contribution in [3.8, 4) is 0 Å². The van der Waals surface area contributed by atoms with Crippen LogP contribution in [0.15, 0.2) is 29.4 Å². The molecule has 104 valence electrons. The number of thioether (sulfide) groups is 1. The van der Waals surface area contributed by atoms with Gasteiger partial charge in [0.15, 0.2) is 0 Å². The van der Waals surface area contributed by atoms with Crippen molar-refractivity contribution in [1.82, 2.24) is 14.9 Å². The highest BCUT2D eigenvalue weighted by Gasteiger charge is 2.35. The van der Waals surface area contributed by atoms with Crippen molar-refractivity contribution in [3.05, 3.63) is 41.2 Å². The monoisotopic (exact) mass is 289 g/mol. The Morgan fingerprint density at radius 1 is 1.30 bits per heavy atom. The van der Waals surface area contributed by atoms with Crippen molar-refractivity contribution < 1.29 is 4.79 Å². The van der Waals surface area contributed by atoms with E-state index in [9.17, 15) is 4.79 Å². The molecule has 6 nitrogen and oxygen atoms in total. The van der Waals surface area contributed by atoms with Crippen LogP contribution in [0, 0.1) is 13.8 Å². The van der Waals surface area contributed by atoms with Crippen LogP contribution >= 0.6 is 11.8 Å². The van der Waals surface area contributed by atoms with Crippen molar-refractivity contribution in [3.63, 3.8) is 0 Å². The molecule has 2 atom stereocenters. The molecule has 0 bridgehead atoms. The third-order valence-electron chi connectivity index (χ3n) is 3.32. The van der Waals surface area contributed by atoms with E-state index in [-0.39, 0.29) is 11.9 Å². The number of nitrogens with zero attached hydrogens (tertiary/aromatic N) is 3. The SMILES string of the molecule is Cc1ccc(C2Nn3c(C)nnc3SC2C(N)=O)cc1. The number of benzene rings is 1. The molecule has 2 aromatic rings. The Labute approximate surface area is 120 Å². The van der Waals surface area contributed by atoms with Crippen molar-refractivity contribution in [2.45, 2.75) is 30.3 Å². The molecular formula is C13H15N5OS. The fourth-order valence-corrected chi connectivity index (χ4v) is 3.28. The van der Waals surface area contributed by atoms with Gasteiger partial charge in [-0.1, -0.05) is 41.6 Å². The number of nitrogens with one attached hydrogen (secondary N) is 1. The smallest absolute Gasteiger partial charge is 0.233 e. The number of rotatable bonds is 2. The zero-order valence-corrected chi connectivity index (χ0v) is 12.0. The molecule has 3 N–H and O–H groups in total. The van der Waals surface area contributed by atoms with Gasteiger partial charge in [0.1, 0.15) is 11.1 Å². The lowest BCUT2D eigenvalue weighted by molar-refractivity contribution is -0.117. The van der Waals surface area contributed by atoms with Gasteiger partial charge in [0.25, 0.3) is 0 Å². The number of nitrogens with two attached hydrogens (primary N) is 1. The number of aryl methyl sites for hydroxylation is 2.